The zero-order valence-electron chi connectivity index (χ0n) is 19.5. The van der Waals surface area contributed by atoms with E-state index in [9.17, 15) is 28.3 Å². The van der Waals surface area contributed by atoms with Crippen LogP contribution < -0.4 is 24.8 Å². The second kappa shape index (κ2) is 10.7. The Morgan fingerprint density at radius 1 is 1.08 bits per heavy atom. The molecule has 2 heterocycles. The van der Waals surface area contributed by atoms with Gasteiger partial charge in [0.2, 0.25) is 0 Å². The van der Waals surface area contributed by atoms with Crippen LogP contribution in [0.25, 0.3) is 0 Å². The number of nitrogens with one attached hydrogen (secondary N) is 2. The fraction of sp³-hybridized carbons (Fsp3) is 0.208. The van der Waals surface area contributed by atoms with Crippen LogP contribution in [0.4, 0.5) is 25.0 Å². The summed E-state index contributed by atoms with van der Waals surface area (Å²) in [4.78, 5) is 35.7. The number of carboxylic acids is 1. The fourth-order valence-corrected chi connectivity index (χ4v) is 4.57. The van der Waals surface area contributed by atoms with E-state index in [1.807, 2.05) is 0 Å². The van der Waals surface area contributed by atoms with Gasteiger partial charge in [-0.2, -0.15) is 0 Å². The van der Waals surface area contributed by atoms with Crippen molar-refractivity contribution in [1.29, 1.82) is 0 Å². The zero-order chi connectivity index (χ0) is 26.7. The number of anilines is 2. The Bertz CT molecular complexity index is 1390. The molecule has 0 atom stereocenters. The second-order valence-corrected chi connectivity index (χ2v) is 8.49. The number of amides is 2. The van der Waals surface area contributed by atoms with Gasteiger partial charge in [-0.25, -0.2) is 23.2 Å². The first kappa shape index (κ1) is 25.7. The summed E-state index contributed by atoms with van der Waals surface area (Å²) in [5.74, 6) is -3.37. The summed E-state index contributed by atoms with van der Waals surface area (Å²) in [6, 6.07) is 4.06. The van der Waals surface area contributed by atoms with Crippen LogP contribution in [0, 0.1) is 11.6 Å². The molecule has 37 heavy (non-hydrogen) atoms. The number of carbonyl (C=O) groups excluding carboxylic acids is 2. The summed E-state index contributed by atoms with van der Waals surface area (Å²) < 4.78 is 50.0. The number of fused-ring (bicyclic) bond motifs is 1. The van der Waals surface area contributed by atoms with Gasteiger partial charge >= 0.3 is 18.0 Å². The van der Waals surface area contributed by atoms with Crippen molar-refractivity contribution in [2.75, 3.05) is 31.5 Å². The van der Waals surface area contributed by atoms with Gasteiger partial charge in [0, 0.05) is 23.9 Å². The minimum Gasteiger partial charge on any atom is -0.493 e. The molecule has 2 aromatic carbocycles. The van der Waals surface area contributed by atoms with Gasteiger partial charge in [0.25, 0.3) is 0 Å². The molecule has 3 aromatic rings. The monoisotopic (exact) mass is 534 g/mol. The number of aromatic carboxylic acids is 1. The number of urea groups is 1. The number of carboxylic acid groups (broad SMARTS) is 1. The molecule has 2 amide bonds. The van der Waals surface area contributed by atoms with Crippen LogP contribution in [0.5, 0.6) is 17.2 Å². The molecule has 0 saturated heterocycles. The number of ether oxygens (including phenoxy) is 4. The van der Waals surface area contributed by atoms with Crippen LogP contribution in [-0.4, -0.2) is 43.9 Å². The lowest BCUT2D eigenvalue weighted by molar-refractivity contribution is 0.0589. The average molecular weight is 534 g/mol. The molecule has 1 aliphatic rings. The number of esters is 1. The molecule has 194 valence electrons. The Balaban J connectivity index is 1.54. The van der Waals surface area contributed by atoms with Gasteiger partial charge in [0.05, 0.1) is 37.8 Å². The van der Waals surface area contributed by atoms with Gasteiger partial charge in [0.1, 0.15) is 28.6 Å². The number of carbonyl (C=O) groups is 3. The van der Waals surface area contributed by atoms with E-state index >= 15 is 0 Å². The number of hydrogen-bond donors (Lipinski definition) is 3. The number of halogens is 2. The van der Waals surface area contributed by atoms with E-state index in [0.29, 0.717) is 18.8 Å². The maximum absolute atomic E-state index is 14.7. The predicted molar refractivity (Wildman–Crippen MR) is 128 cm³/mol. The first-order valence-corrected chi connectivity index (χ1v) is 11.6. The van der Waals surface area contributed by atoms with E-state index in [4.69, 9.17) is 14.2 Å². The van der Waals surface area contributed by atoms with E-state index < -0.39 is 35.2 Å². The van der Waals surface area contributed by atoms with Gasteiger partial charge < -0.3 is 34.7 Å². The second-order valence-electron chi connectivity index (χ2n) is 7.61. The van der Waals surface area contributed by atoms with E-state index in [-0.39, 0.29) is 39.9 Å². The third-order valence-corrected chi connectivity index (χ3v) is 6.36. The predicted octanol–water partition coefficient (Wildman–Crippen LogP) is 4.68. The van der Waals surface area contributed by atoms with Crippen LogP contribution in [0.3, 0.4) is 0 Å². The van der Waals surface area contributed by atoms with Gasteiger partial charge in [-0.3, -0.25) is 0 Å². The zero-order valence-corrected chi connectivity index (χ0v) is 20.3. The van der Waals surface area contributed by atoms with E-state index in [0.717, 1.165) is 36.1 Å². The molecule has 0 aliphatic carbocycles. The van der Waals surface area contributed by atoms with E-state index in [1.165, 1.54) is 18.6 Å². The maximum Gasteiger partial charge on any atom is 0.349 e. The van der Waals surface area contributed by atoms with Crippen LogP contribution in [0.2, 0.25) is 0 Å². The summed E-state index contributed by atoms with van der Waals surface area (Å²) in [6.45, 7) is 0.166. The van der Waals surface area contributed by atoms with E-state index in [2.05, 4.69) is 15.4 Å². The number of thiophene rings is 1. The molecule has 0 spiro atoms. The fourth-order valence-electron chi connectivity index (χ4n) is 3.66. The van der Waals surface area contributed by atoms with Gasteiger partial charge in [-0.1, -0.05) is 6.07 Å². The van der Waals surface area contributed by atoms with Crippen LogP contribution in [-0.2, 0) is 17.8 Å². The Hall–Kier alpha value is -4.39. The van der Waals surface area contributed by atoms with Gasteiger partial charge in [-0.15, -0.1) is 11.3 Å². The highest BCUT2D eigenvalue weighted by Gasteiger charge is 2.26. The summed E-state index contributed by atoms with van der Waals surface area (Å²) in [5, 5.41) is 15.2. The minimum absolute atomic E-state index is 0.00364. The van der Waals surface area contributed by atoms with Crippen molar-refractivity contribution >= 4 is 40.7 Å². The third-order valence-electron chi connectivity index (χ3n) is 5.40. The van der Waals surface area contributed by atoms with Crippen molar-refractivity contribution in [2.45, 2.75) is 13.0 Å². The van der Waals surface area contributed by atoms with Crippen LogP contribution >= 0.6 is 11.3 Å². The van der Waals surface area contributed by atoms with Gasteiger partial charge in [-0.05, 0) is 11.6 Å². The van der Waals surface area contributed by atoms with Crippen molar-refractivity contribution in [1.82, 2.24) is 0 Å². The quantitative estimate of drug-likeness (QED) is 0.355. The van der Waals surface area contributed by atoms with Crippen LogP contribution in [0.15, 0.2) is 29.6 Å². The third kappa shape index (κ3) is 5.26. The number of hydrogen-bond acceptors (Lipinski definition) is 8. The molecule has 0 unspecified atom stereocenters. The first-order valence-electron chi connectivity index (χ1n) is 10.7. The molecule has 0 radical (unpaired) electrons. The molecule has 3 N–H and O–H groups in total. The Kier molecular flexibility index (Phi) is 7.43. The molecule has 0 bridgehead atoms. The largest absolute Gasteiger partial charge is 0.493 e. The molecule has 1 aliphatic heterocycles. The highest BCUT2D eigenvalue weighted by Crippen LogP contribution is 2.36. The average Bonchev–Trinajstić information content (AvgIpc) is 3.51. The van der Waals surface area contributed by atoms with Crippen molar-refractivity contribution in [3.05, 3.63) is 62.8 Å². The molecule has 10 nitrogen and oxygen atoms in total. The Morgan fingerprint density at radius 3 is 2.54 bits per heavy atom. The minimum atomic E-state index is -1.47. The number of rotatable bonds is 8. The topological polar surface area (TPSA) is 132 Å². The number of benzene rings is 2. The number of methoxy groups -OCH3 is 2. The lowest BCUT2D eigenvalue weighted by atomic mass is 10.1. The summed E-state index contributed by atoms with van der Waals surface area (Å²) in [7, 11) is 2.38. The molecular formula is C24H20F2N2O8S. The van der Waals surface area contributed by atoms with Crippen molar-refractivity contribution in [2.24, 2.45) is 0 Å². The normalized spacial score (nSPS) is 11.8. The van der Waals surface area contributed by atoms with Crippen molar-refractivity contribution in [3.8, 4) is 17.2 Å². The molecule has 1 aromatic heterocycles. The first-order chi connectivity index (χ1) is 17.7. The molecule has 4 rings (SSSR count). The van der Waals surface area contributed by atoms with E-state index in [1.54, 1.807) is 6.07 Å². The lowest BCUT2D eigenvalue weighted by Gasteiger charge is -2.15. The summed E-state index contributed by atoms with van der Waals surface area (Å²) in [5.41, 5.74) is 0.0481. The highest BCUT2D eigenvalue weighted by atomic mass is 32.1. The SMILES string of the molecule is COC(=O)c1scc(NC(=O)Nc2cc(OCc3c(F)ccc4c3OCC4)c(OC)cc2F)c1C(=O)O. The Labute approximate surface area is 212 Å². The summed E-state index contributed by atoms with van der Waals surface area (Å²) >= 11 is 0.761. The molecule has 13 heteroatoms. The molecule has 0 saturated carbocycles. The molecular weight excluding hydrogens is 514 g/mol. The lowest BCUT2D eigenvalue weighted by Crippen LogP contribution is -2.21. The van der Waals surface area contributed by atoms with Crippen LogP contribution in [0.1, 0.15) is 31.2 Å². The van der Waals surface area contributed by atoms with Crippen molar-refractivity contribution < 1.29 is 47.2 Å². The van der Waals surface area contributed by atoms with Crippen molar-refractivity contribution in [3.63, 3.8) is 0 Å². The molecule has 0 fully saturated rings. The maximum atomic E-state index is 14.7. The standard InChI is InChI=1S/C24H20F2N2O8S/c1-33-17-7-14(26)15(8-18(17)36-9-12-13(25)4-3-11-5-6-35-20(11)12)27-24(32)28-16-10-37-21(23(31)34-2)19(16)22(29)30/h3-4,7-8,10H,5-6,9H2,1-2H3,(H,29,30)(H2,27,28,32). The Morgan fingerprint density at radius 2 is 1.84 bits per heavy atom. The summed E-state index contributed by atoms with van der Waals surface area (Å²) in [6.07, 6.45) is 0.639. The van der Waals surface area contributed by atoms with Gasteiger partial charge in [0.15, 0.2) is 17.3 Å². The smallest absolute Gasteiger partial charge is 0.349 e. The highest BCUT2D eigenvalue weighted by molar-refractivity contribution is 7.13.